The SMILES string of the molecule is CCC(NC(=O)c1csc(C(C)=O)c1)c1ccc(F)cc1. The maximum atomic E-state index is 12.9. The predicted molar refractivity (Wildman–Crippen MR) is 81.2 cm³/mol. The molecule has 0 aliphatic carbocycles. The van der Waals surface area contributed by atoms with Crippen molar-refractivity contribution in [2.45, 2.75) is 26.3 Å². The molecule has 0 aliphatic heterocycles. The van der Waals surface area contributed by atoms with Gasteiger partial charge in [-0.05, 0) is 37.1 Å². The maximum Gasteiger partial charge on any atom is 0.252 e. The molecular formula is C16H16FNO2S. The van der Waals surface area contributed by atoms with Crippen LogP contribution in [0.15, 0.2) is 35.7 Å². The lowest BCUT2D eigenvalue weighted by Crippen LogP contribution is -2.27. The number of ketones is 1. The molecule has 5 heteroatoms. The van der Waals surface area contributed by atoms with Gasteiger partial charge in [0.15, 0.2) is 5.78 Å². The van der Waals surface area contributed by atoms with E-state index in [1.165, 1.54) is 30.4 Å². The van der Waals surface area contributed by atoms with E-state index in [-0.39, 0.29) is 23.5 Å². The summed E-state index contributed by atoms with van der Waals surface area (Å²) in [6.45, 7) is 3.42. The van der Waals surface area contributed by atoms with Crippen molar-refractivity contribution in [1.29, 1.82) is 0 Å². The molecule has 110 valence electrons. The number of hydrogen-bond acceptors (Lipinski definition) is 3. The third-order valence-corrected chi connectivity index (χ3v) is 4.23. The van der Waals surface area contributed by atoms with Crippen LogP contribution in [0.25, 0.3) is 0 Å². The number of hydrogen-bond donors (Lipinski definition) is 1. The fraction of sp³-hybridized carbons (Fsp3) is 0.250. The van der Waals surface area contributed by atoms with Gasteiger partial charge in [-0.1, -0.05) is 19.1 Å². The van der Waals surface area contributed by atoms with Crippen LogP contribution in [0.3, 0.4) is 0 Å². The van der Waals surface area contributed by atoms with Crippen molar-refractivity contribution in [3.63, 3.8) is 0 Å². The van der Waals surface area contributed by atoms with Crippen molar-refractivity contribution < 1.29 is 14.0 Å². The molecular weight excluding hydrogens is 289 g/mol. The highest BCUT2D eigenvalue weighted by Crippen LogP contribution is 2.20. The molecule has 0 aliphatic rings. The fourth-order valence-corrected chi connectivity index (χ4v) is 2.79. The molecule has 3 nitrogen and oxygen atoms in total. The van der Waals surface area contributed by atoms with Gasteiger partial charge in [0.1, 0.15) is 5.82 Å². The number of benzene rings is 1. The minimum atomic E-state index is -0.302. The molecule has 0 radical (unpaired) electrons. The molecule has 0 spiro atoms. The van der Waals surface area contributed by atoms with Gasteiger partial charge in [0, 0.05) is 5.38 Å². The van der Waals surface area contributed by atoms with Crippen molar-refractivity contribution >= 4 is 23.0 Å². The van der Waals surface area contributed by atoms with E-state index in [0.29, 0.717) is 16.9 Å². The number of thiophene rings is 1. The van der Waals surface area contributed by atoms with Crippen LogP contribution in [0.1, 0.15) is 51.9 Å². The third-order valence-electron chi connectivity index (χ3n) is 3.19. The summed E-state index contributed by atoms with van der Waals surface area (Å²) in [4.78, 5) is 24.0. The van der Waals surface area contributed by atoms with Crippen molar-refractivity contribution in [3.8, 4) is 0 Å². The summed E-state index contributed by atoms with van der Waals surface area (Å²) in [6.07, 6.45) is 0.696. The van der Waals surface area contributed by atoms with E-state index in [1.807, 2.05) is 6.92 Å². The molecule has 0 saturated carbocycles. The Morgan fingerprint density at radius 2 is 1.95 bits per heavy atom. The number of carbonyl (C=O) groups excluding carboxylic acids is 2. The summed E-state index contributed by atoms with van der Waals surface area (Å²) in [5, 5.41) is 4.58. The highest BCUT2D eigenvalue weighted by Gasteiger charge is 2.16. The first-order valence-corrected chi connectivity index (χ1v) is 7.55. The van der Waals surface area contributed by atoms with Gasteiger partial charge in [0.2, 0.25) is 0 Å². The number of halogens is 1. The van der Waals surface area contributed by atoms with Gasteiger partial charge in [-0.25, -0.2) is 4.39 Å². The second-order valence-corrected chi connectivity index (χ2v) is 5.65. The van der Waals surface area contributed by atoms with Crippen LogP contribution in [0, 0.1) is 5.82 Å². The molecule has 0 bridgehead atoms. The molecule has 1 heterocycles. The second kappa shape index (κ2) is 6.63. The lowest BCUT2D eigenvalue weighted by molar-refractivity contribution is 0.0936. The zero-order valence-electron chi connectivity index (χ0n) is 11.9. The summed E-state index contributed by atoms with van der Waals surface area (Å²) < 4.78 is 12.9. The second-order valence-electron chi connectivity index (χ2n) is 4.74. The summed E-state index contributed by atoms with van der Waals surface area (Å²) >= 11 is 1.26. The summed E-state index contributed by atoms with van der Waals surface area (Å²) in [6, 6.07) is 7.50. The van der Waals surface area contributed by atoms with E-state index < -0.39 is 0 Å². The molecule has 2 rings (SSSR count). The molecule has 0 fully saturated rings. The fourth-order valence-electron chi connectivity index (χ4n) is 2.00. The van der Waals surface area contributed by atoms with Crippen LogP contribution in [0.5, 0.6) is 0 Å². The number of rotatable bonds is 5. The highest BCUT2D eigenvalue weighted by atomic mass is 32.1. The Labute approximate surface area is 126 Å². The van der Waals surface area contributed by atoms with Gasteiger partial charge in [-0.3, -0.25) is 9.59 Å². The number of nitrogens with one attached hydrogen (secondary N) is 1. The molecule has 1 atom stereocenters. The number of Topliss-reactive ketones (excluding diaryl/α,β-unsaturated/α-hetero) is 1. The summed E-state index contributed by atoms with van der Waals surface area (Å²) in [7, 11) is 0. The van der Waals surface area contributed by atoms with Gasteiger partial charge in [0.25, 0.3) is 5.91 Å². The number of carbonyl (C=O) groups is 2. The first-order chi connectivity index (χ1) is 10.0. The van der Waals surface area contributed by atoms with E-state index in [0.717, 1.165) is 5.56 Å². The van der Waals surface area contributed by atoms with Crippen LogP contribution in [-0.4, -0.2) is 11.7 Å². The highest BCUT2D eigenvalue weighted by molar-refractivity contribution is 7.12. The van der Waals surface area contributed by atoms with Crippen LogP contribution in [0.2, 0.25) is 0 Å². The molecule has 1 N–H and O–H groups in total. The minimum absolute atomic E-state index is 0.0513. The molecule has 1 aromatic heterocycles. The third kappa shape index (κ3) is 3.76. The lowest BCUT2D eigenvalue weighted by atomic mass is 10.0. The Balaban J connectivity index is 2.12. The predicted octanol–water partition coefficient (Wildman–Crippen LogP) is 3.97. The standard InChI is InChI=1S/C16H16FNO2S/c1-3-14(11-4-6-13(17)7-5-11)18-16(20)12-8-15(10(2)19)21-9-12/h4-9,14H,3H2,1-2H3,(H,18,20). The number of amides is 1. The Morgan fingerprint density at radius 1 is 1.29 bits per heavy atom. The first-order valence-electron chi connectivity index (χ1n) is 6.67. The van der Waals surface area contributed by atoms with E-state index in [4.69, 9.17) is 0 Å². The van der Waals surface area contributed by atoms with Gasteiger partial charge in [-0.15, -0.1) is 11.3 Å². The van der Waals surface area contributed by atoms with E-state index in [9.17, 15) is 14.0 Å². The molecule has 1 amide bonds. The van der Waals surface area contributed by atoms with Crippen molar-refractivity contribution in [2.75, 3.05) is 0 Å². The van der Waals surface area contributed by atoms with Crippen LogP contribution < -0.4 is 5.32 Å². The average Bonchev–Trinajstić information content (AvgIpc) is 2.96. The molecule has 0 saturated heterocycles. The van der Waals surface area contributed by atoms with E-state index >= 15 is 0 Å². The van der Waals surface area contributed by atoms with Gasteiger partial charge in [-0.2, -0.15) is 0 Å². The van der Waals surface area contributed by atoms with Crippen LogP contribution in [-0.2, 0) is 0 Å². The Morgan fingerprint density at radius 3 is 2.48 bits per heavy atom. The lowest BCUT2D eigenvalue weighted by Gasteiger charge is -2.17. The quantitative estimate of drug-likeness (QED) is 0.850. The van der Waals surface area contributed by atoms with Crippen LogP contribution in [0.4, 0.5) is 4.39 Å². The largest absolute Gasteiger partial charge is 0.345 e. The van der Waals surface area contributed by atoms with Gasteiger partial charge < -0.3 is 5.32 Å². The Hall–Kier alpha value is -2.01. The summed E-state index contributed by atoms with van der Waals surface area (Å²) in [5.74, 6) is -0.580. The summed E-state index contributed by atoms with van der Waals surface area (Å²) in [5.41, 5.74) is 1.33. The topological polar surface area (TPSA) is 46.2 Å². The molecule has 2 aromatic rings. The zero-order chi connectivity index (χ0) is 15.4. The van der Waals surface area contributed by atoms with Crippen molar-refractivity contribution in [3.05, 3.63) is 57.5 Å². The molecule has 21 heavy (non-hydrogen) atoms. The van der Waals surface area contributed by atoms with E-state index in [1.54, 1.807) is 23.6 Å². The Kier molecular flexibility index (Phi) is 4.85. The van der Waals surface area contributed by atoms with Crippen molar-refractivity contribution in [2.24, 2.45) is 0 Å². The monoisotopic (exact) mass is 305 g/mol. The smallest absolute Gasteiger partial charge is 0.252 e. The normalized spacial score (nSPS) is 12.0. The van der Waals surface area contributed by atoms with Crippen LogP contribution >= 0.6 is 11.3 Å². The zero-order valence-corrected chi connectivity index (χ0v) is 12.7. The Bertz CT molecular complexity index is 649. The average molecular weight is 305 g/mol. The van der Waals surface area contributed by atoms with Gasteiger partial charge >= 0.3 is 0 Å². The first kappa shape index (κ1) is 15.4. The minimum Gasteiger partial charge on any atom is -0.345 e. The molecule has 1 aromatic carbocycles. The van der Waals surface area contributed by atoms with E-state index in [2.05, 4.69) is 5.32 Å². The van der Waals surface area contributed by atoms with Gasteiger partial charge in [0.05, 0.1) is 16.5 Å². The maximum absolute atomic E-state index is 12.9. The van der Waals surface area contributed by atoms with Crippen molar-refractivity contribution in [1.82, 2.24) is 5.32 Å². The molecule has 1 unspecified atom stereocenters.